The summed E-state index contributed by atoms with van der Waals surface area (Å²) in [7, 11) is 0. The van der Waals surface area contributed by atoms with E-state index in [1.165, 1.54) is 22.7 Å². The molecule has 6 nitrogen and oxygen atoms in total. The Morgan fingerprint density at radius 2 is 2.00 bits per heavy atom. The largest absolute Gasteiger partial charge is 0.352 e. The molecule has 1 aliphatic rings. The van der Waals surface area contributed by atoms with Crippen LogP contribution in [0.25, 0.3) is 16.7 Å². The summed E-state index contributed by atoms with van der Waals surface area (Å²) in [4.78, 5) is 35.4. The maximum atomic E-state index is 13.3. The average molecular weight is 437 g/mol. The third kappa shape index (κ3) is 4.66. The fraction of sp³-hybridized carbons (Fsp3) is 0.417. The van der Waals surface area contributed by atoms with Gasteiger partial charge in [-0.2, -0.15) is 0 Å². The van der Waals surface area contributed by atoms with Crippen LogP contribution < -0.4 is 10.9 Å². The molecule has 0 spiro atoms. The third-order valence-electron chi connectivity index (χ3n) is 5.97. The van der Waals surface area contributed by atoms with Gasteiger partial charge in [-0.05, 0) is 62.4 Å². The van der Waals surface area contributed by atoms with E-state index in [4.69, 9.17) is 4.98 Å². The van der Waals surface area contributed by atoms with E-state index < -0.39 is 5.25 Å². The van der Waals surface area contributed by atoms with E-state index in [9.17, 15) is 9.59 Å². The molecule has 4 rings (SSSR count). The molecule has 2 aromatic heterocycles. The number of thioether (sulfide) groups is 1. The van der Waals surface area contributed by atoms with E-state index in [0.29, 0.717) is 27.8 Å². The van der Waals surface area contributed by atoms with E-state index in [1.807, 2.05) is 44.2 Å². The fourth-order valence-electron chi connectivity index (χ4n) is 4.08. The minimum absolute atomic E-state index is 0.0186. The van der Waals surface area contributed by atoms with Crippen molar-refractivity contribution in [3.05, 3.63) is 58.5 Å². The van der Waals surface area contributed by atoms with Crippen LogP contribution >= 0.6 is 11.8 Å². The lowest BCUT2D eigenvalue weighted by atomic mass is 9.86. The van der Waals surface area contributed by atoms with E-state index in [0.717, 1.165) is 24.8 Å². The molecule has 1 fully saturated rings. The number of nitrogens with one attached hydrogen (secondary N) is 1. The Kier molecular flexibility index (Phi) is 6.41. The second-order valence-corrected chi connectivity index (χ2v) is 9.69. The number of benzene rings is 1. The molecule has 0 bridgehead atoms. The van der Waals surface area contributed by atoms with Crippen molar-refractivity contribution in [1.82, 2.24) is 19.9 Å². The smallest absolute Gasteiger partial charge is 0.267 e. The second kappa shape index (κ2) is 9.22. The molecule has 31 heavy (non-hydrogen) atoms. The molecular formula is C24H28N4O2S. The van der Waals surface area contributed by atoms with Crippen molar-refractivity contribution in [2.45, 2.75) is 62.9 Å². The van der Waals surface area contributed by atoms with Gasteiger partial charge in [-0.25, -0.2) is 14.5 Å². The molecule has 0 saturated heterocycles. The summed E-state index contributed by atoms with van der Waals surface area (Å²) in [5.41, 5.74) is 1.44. The number of rotatable bonds is 5. The van der Waals surface area contributed by atoms with E-state index in [1.54, 1.807) is 12.3 Å². The molecule has 0 aliphatic heterocycles. The van der Waals surface area contributed by atoms with Gasteiger partial charge < -0.3 is 5.32 Å². The molecule has 3 unspecified atom stereocenters. The first-order valence-electron chi connectivity index (χ1n) is 10.9. The summed E-state index contributed by atoms with van der Waals surface area (Å²) >= 11 is 1.30. The Balaban J connectivity index is 1.68. The highest BCUT2D eigenvalue weighted by atomic mass is 32.2. The Morgan fingerprint density at radius 1 is 1.23 bits per heavy atom. The first kappa shape index (κ1) is 21.6. The molecule has 1 amide bonds. The molecule has 7 heteroatoms. The van der Waals surface area contributed by atoms with Crippen LogP contribution in [0.2, 0.25) is 0 Å². The molecular weight excluding hydrogens is 408 g/mol. The molecule has 1 N–H and O–H groups in total. The van der Waals surface area contributed by atoms with Gasteiger partial charge in [-0.15, -0.1) is 0 Å². The van der Waals surface area contributed by atoms with Gasteiger partial charge in [0.2, 0.25) is 5.91 Å². The fourth-order valence-corrected chi connectivity index (χ4v) is 5.00. The van der Waals surface area contributed by atoms with Crippen molar-refractivity contribution in [1.29, 1.82) is 0 Å². The molecule has 1 aliphatic carbocycles. The minimum Gasteiger partial charge on any atom is -0.352 e. The van der Waals surface area contributed by atoms with Crippen LogP contribution in [0.15, 0.2) is 52.5 Å². The number of fused-ring (bicyclic) bond motifs is 1. The zero-order valence-corrected chi connectivity index (χ0v) is 19.0. The number of hydrogen-bond acceptors (Lipinski definition) is 5. The lowest BCUT2D eigenvalue weighted by Gasteiger charge is -2.30. The lowest BCUT2D eigenvalue weighted by Crippen LogP contribution is -2.44. The highest BCUT2D eigenvalue weighted by Gasteiger charge is 2.26. The van der Waals surface area contributed by atoms with Crippen LogP contribution in [0.3, 0.4) is 0 Å². The number of aromatic nitrogens is 3. The number of amides is 1. The standard InChI is InChI=1S/C24H28N4O2S/c1-15-12-13-25-21(14-15)28-23(30)18-9-5-7-11-20(18)27-24(28)31-17(3)22(29)26-19-10-6-4-8-16(19)2/h5,7,9,11-14,16-17,19H,4,6,8,10H2,1-3H3,(H,26,29). The van der Waals surface area contributed by atoms with Gasteiger partial charge in [-0.3, -0.25) is 9.59 Å². The van der Waals surface area contributed by atoms with E-state index >= 15 is 0 Å². The number of hydrogen-bond donors (Lipinski definition) is 1. The maximum Gasteiger partial charge on any atom is 0.267 e. The van der Waals surface area contributed by atoms with Gasteiger partial charge in [0.25, 0.3) is 5.56 Å². The first-order chi connectivity index (χ1) is 14.9. The van der Waals surface area contributed by atoms with Gasteiger partial charge in [-0.1, -0.05) is 43.7 Å². The molecule has 0 radical (unpaired) electrons. The number of nitrogens with zero attached hydrogens (tertiary/aromatic N) is 3. The molecule has 2 heterocycles. The highest BCUT2D eigenvalue weighted by Crippen LogP contribution is 2.27. The predicted octanol–water partition coefficient (Wildman–Crippen LogP) is 4.26. The summed E-state index contributed by atoms with van der Waals surface area (Å²) in [6.07, 6.45) is 6.24. The normalized spacial score (nSPS) is 19.8. The first-order valence-corrected chi connectivity index (χ1v) is 11.7. The van der Waals surface area contributed by atoms with Crippen molar-refractivity contribution in [2.75, 3.05) is 0 Å². The monoisotopic (exact) mass is 436 g/mol. The van der Waals surface area contributed by atoms with Gasteiger partial charge in [0.15, 0.2) is 5.16 Å². The summed E-state index contributed by atoms with van der Waals surface area (Å²) in [6, 6.07) is 11.2. The van der Waals surface area contributed by atoms with Crippen LogP contribution in [0.4, 0.5) is 0 Å². The Morgan fingerprint density at radius 3 is 2.77 bits per heavy atom. The van der Waals surface area contributed by atoms with E-state index in [-0.39, 0.29) is 17.5 Å². The SMILES string of the molecule is Cc1ccnc(-n2c(SC(C)C(=O)NC3CCCCC3C)nc3ccccc3c2=O)c1. The van der Waals surface area contributed by atoms with Crippen LogP contribution in [0.5, 0.6) is 0 Å². The van der Waals surface area contributed by atoms with Gasteiger partial charge >= 0.3 is 0 Å². The summed E-state index contributed by atoms with van der Waals surface area (Å²) < 4.78 is 1.52. The maximum absolute atomic E-state index is 13.3. The summed E-state index contributed by atoms with van der Waals surface area (Å²) in [5, 5.41) is 3.83. The highest BCUT2D eigenvalue weighted by molar-refractivity contribution is 8.00. The predicted molar refractivity (Wildman–Crippen MR) is 125 cm³/mol. The van der Waals surface area contributed by atoms with Gasteiger partial charge in [0.05, 0.1) is 16.2 Å². The zero-order valence-electron chi connectivity index (χ0n) is 18.2. The number of aryl methyl sites for hydroxylation is 1. The quantitative estimate of drug-likeness (QED) is 0.478. The molecule has 3 atom stereocenters. The van der Waals surface area contributed by atoms with Crippen LogP contribution in [0.1, 0.15) is 45.1 Å². The number of carbonyl (C=O) groups excluding carboxylic acids is 1. The summed E-state index contributed by atoms with van der Waals surface area (Å²) in [5.74, 6) is 0.984. The topological polar surface area (TPSA) is 76.9 Å². The third-order valence-corrected chi connectivity index (χ3v) is 7.02. The molecule has 3 aromatic rings. The zero-order chi connectivity index (χ0) is 22.0. The Bertz CT molecular complexity index is 1160. The lowest BCUT2D eigenvalue weighted by molar-refractivity contribution is -0.121. The molecule has 1 aromatic carbocycles. The number of carbonyl (C=O) groups is 1. The van der Waals surface area contributed by atoms with Crippen LogP contribution in [0, 0.1) is 12.8 Å². The van der Waals surface area contributed by atoms with Crippen LogP contribution in [-0.4, -0.2) is 31.7 Å². The molecule has 1 saturated carbocycles. The van der Waals surface area contributed by atoms with E-state index in [2.05, 4.69) is 17.2 Å². The van der Waals surface area contributed by atoms with Crippen molar-refractivity contribution in [3.63, 3.8) is 0 Å². The Labute approximate surface area is 186 Å². The minimum atomic E-state index is -0.391. The second-order valence-electron chi connectivity index (χ2n) is 8.38. The average Bonchev–Trinajstić information content (AvgIpc) is 2.75. The van der Waals surface area contributed by atoms with Gasteiger partial charge in [0, 0.05) is 12.2 Å². The number of pyridine rings is 1. The molecule has 162 valence electrons. The van der Waals surface area contributed by atoms with Gasteiger partial charge in [0.1, 0.15) is 5.82 Å². The number of para-hydroxylation sites is 1. The van der Waals surface area contributed by atoms with Crippen molar-refractivity contribution >= 4 is 28.6 Å². The van der Waals surface area contributed by atoms with Crippen LogP contribution in [-0.2, 0) is 4.79 Å². The van der Waals surface area contributed by atoms with Crippen molar-refractivity contribution < 1.29 is 4.79 Å². The summed E-state index contributed by atoms with van der Waals surface area (Å²) in [6.45, 7) is 6.02. The van der Waals surface area contributed by atoms with Crippen molar-refractivity contribution in [2.24, 2.45) is 5.92 Å². The van der Waals surface area contributed by atoms with Crippen molar-refractivity contribution in [3.8, 4) is 5.82 Å². The Hall–Kier alpha value is -2.67.